The van der Waals surface area contributed by atoms with E-state index in [4.69, 9.17) is 0 Å². The molecule has 2 heterocycles. The first kappa shape index (κ1) is 21.7. The summed E-state index contributed by atoms with van der Waals surface area (Å²) in [6.45, 7) is 3.85. The predicted octanol–water partition coefficient (Wildman–Crippen LogP) is 2.61. The molecule has 4 rings (SSSR count). The highest BCUT2D eigenvalue weighted by molar-refractivity contribution is 5.94. The Morgan fingerprint density at radius 2 is 1.75 bits per heavy atom. The summed E-state index contributed by atoms with van der Waals surface area (Å²) >= 11 is 0. The molecular formula is C24H25FN4O3. The number of halogens is 1. The molecule has 32 heavy (non-hydrogen) atoms. The van der Waals surface area contributed by atoms with Gasteiger partial charge in [-0.05, 0) is 37.1 Å². The molecule has 0 unspecified atom stereocenters. The maximum atomic E-state index is 14.0. The summed E-state index contributed by atoms with van der Waals surface area (Å²) in [6.07, 6.45) is 2.27. The van der Waals surface area contributed by atoms with Crippen LogP contribution in [0.15, 0.2) is 53.6 Å². The second kappa shape index (κ2) is 9.30. The van der Waals surface area contributed by atoms with Gasteiger partial charge in [-0.15, -0.1) is 0 Å². The lowest BCUT2D eigenvalue weighted by atomic mass is 10.1. The van der Waals surface area contributed by atoms with Gasteiger partial charge in [-0.2, -0.15) is 0 Å². The number of carbonyl (C=O) groups is 2. The first-order valence-corrected chi connectivity index (χ1v) is 10.7. The fraction of sp³-hybridized carbons (Fsp3) is 0.333. The van der Waals surface area contributed by atoms with Crippen molar-refractivity contribution in [3.8, 4) is 0 Å². The van der Waals surface area contributed by atoms with E-state index >= 15 is 0 Å². The third-order valence-corrected chi connectivity index (χ3v) is 5.86. The van der Waals surface area contributed by atoms with Crippen LogP contribution in [0.4, 0.5) is 4.39 Å². The number of hydrogen-bond acceptors (Lipinski definition) is 4. The molecule has 0 bridgehead atoms. The van der Waals surface area contributed by atoms with Crippen LogP contribution in [0.1, 0.15) is 28.8 Å². The Balaban J connectivity index is 1.38. The number of aromatic nitrogens is 2. The van der Waals surface area contributed by atoms with Crippen molar-refractivity contribution in [2.75, 3.05) is 26.2 Å². The van der Waals surface area contributed by atoms with Crippen LogP contribution < -0.4 is 5.56 Å². The van der Waals surface area contributed by atoms with E-state index in [1.54, 1.807) is 28.0 Å². The topological polar surface area (TPSA) is 75.5 Å². The predicted molar refractivity (Wildman–Crippen MR) is 119 cm³/mol. The molecule has 1 aliphatic heterocycles. The molecule has 0 N–H and O–H groups in total. The van der Waals surface area contributed by atoms with Crippen LogP contribution in [0.3, 0.4) is 0 Å². The number of benzene rings is 2. The molecule has 166 valence electrons. The standard InChI is InChI=1S/C24H25FN4O3/c1-17-6-4-8-19-22(17)26-16-29(24(19)32)13-10-21(30)27-11-5-12-28(15-14-27)23(31)18-7-2-3-9-20(18)25/h2-4,6-9,16H,5,10-15H2,1H3. The van der Waals surface area contributed by atoms with E-state index in [2.05, 4.69) is 4.98 Å². The number of amides is 2. The maximum Gasteiger partial charge on any atom is 0.261 e. The summed E-state index contributed by atoms with van der Waals surface area (Å²) in [5, 5.41) is 0.539. The second-order valence-corrected chi connectivity index (χ2v) is 7.97. The summed E-state index contributed by atoms with van der Waals surface area (Å²) in [5.41, 5.74) is 1.49. The van der Waals surface area contributed by atoms with Gasteiger partial charge in [-0.3, -0.25) is 19.0 Å². The highest BCUT2D eigenvalue weighted by Crippen LogP contribution is 2.14. The van der Waals surface area contributed by atoms with Crippen molar-refractivity contribution in [2.24, 2.45) is 0 Å². The molecule has 0 saturated carbocycles. The number of aryl methyl sites for hydroxylation is 2. The lowest BCUT2D eigenvalue weighted by molar-refractivity contribution is -0.131. The van der Waals surface area contributed by atoms with Gasteiger partial charge in [-0.25, -0.2) is 9.37 Å². The van der Waals surface area contributed by atoms with Gasteiger partial charge in [0.25, 0.3) is 11.5 Å². The van der Waals surface area contributed by atoms with Gasteiger partial charge in [0, 0.05) is 39.1 Å². The lowest BCUT2D eigenvalue weighted by Gasteiger charge is -2.22. The van der Waals surface area contributed by atoms with Crippen LogP contribution in [-0.4, -0.2) is 57.3 Å². The Labute approximate surface area is 185 Å². The van der Waals surface area contributed by atoms with Crippen molar-refractivity contribution >= 4 is 22.7 Å². The molecule has 3 aromatic rings. The van der Waals surface area contributed by atoms with Crippen LogP contribution in [0.25, 0.3) is 10.9 Å². The fourth-order valence-electron chi connectivity index (χ4n) is 4.05. The Kier molecular flexibility index (Phi) is 6.30. The molecule has 0 spiro atoms. The van der Waals surface area contributed by atoms with Crippen LogP contribution in [0, 0.1) is 12.7 Å². The quantitative estimate of drug-likeness (QED) is 0.630. The Morgan fingerprint density at radius 3 is 2.56 bits per heavy atom. The molecule has 2 aromatic carbocycles. The highest BCUT2D eigenvalue weighted by Gasteiger charge is 2.24. The number of hydrogen-bond donors (Lipinski definition) is 0. The third kappa shape index (κ3) is 4.39. The van der Waals surface area contributed by atoms with Crippen molar-refractivity contribution in [3.63, 3.8) is 0 Å². The molecule has 1 fully saturated rings. The Morgan fingerprint density at radius 1 is 1.00 bits per heavy atom. The zero-order chi connectivity index (χ0) is 22.7. The molecule has 2 amide bonds. The van der Waals surface area contributed by atoms with Crippen LogP contribution in [0.2, 0.25) is 0 Å². The molecule has 0 aliphatic carbocycles. The molecule has 1 saturated heterocycles. The second-order valence-electron chi connectivity index (χ2n) is 7.97. The third-order valence-electron chi connectivity index (χ3n) is 5.86. The minimum atomic E-state index is -0.542. The monoisotopic (exact) mass is 436 g/mol. The molecule has 0 radical (unpaired) electrons. The van der Waals surface area contributed by atoms with E-state index in [0.29, 0.717) is 43.5 Å². The van der Waals surface area contributed by atoms with E-state index in [1.165, 1.54) is 23.0 Å². The van der Waals surface area contributed by atoms with Crippen molar-refractivity contribution < 1.29 is 14.0 Å². The summed E-state index contributed by atoms with van der Waals surface area (Å²) < 4.78 is 15.4. The molecule has 1 aromatic heterocycles. The Bertz CT molecular complexity index is 1220. The van der Waals surface area contributed by atoms with Gasteiger partial charge in [0.05, 0.1) is 22.8 Å². The van der Waals surface area contributed by atoms with Gasteiger partial charge in [-0.1, -0.05) is 24.3 Å². The number of nitrogens with zero attached hydrogens (tertiary/aromatic N) is 4. The van der Waals surface area contributed by atoms with E-state index in [-0.39, 0.29) is 35.9 Å². The molecule has 1 aliphatic rings. The summed E-state index contributed by atoms with van der Waals surface area (Å²) in [5.74, 6) is -0.984. The number of rotatable bonds is 4. The molecular weight excluding hydrogens is 411 g/mol. The van der Waals surface area contributed by atoms with E-state index in [9.17, 15) is 18.8 Å². The normalized spacial score (nSPS) is 14.4. The minimum Gasteiger partial charge on any atom is -0.341 e. The summed E-state index contributed by atoms with van der Waals surface area (Å²) in [4.78, 5) is 45.8. The van der Waals surface area contributed by atoms with Crippen molar-refractivity contribution in [3.05, 3.63) is 76.1 Å². The van der Waals surface area contributed by atoms with Crippen molar-refractivity contribution in [1.29, 1.82) is 0 Å². The van der Waals surface area contributed by atoms with E-state index in [1.807, 2.05) is 19.1 Å². The van der Waals surface area contributed by atoms with Gasteiger partial charge in [0.15, 0.2) is 0 Å². The Hall–Kier alpha value is -3.55. The number of fused-ring (bicyclic) bond motifs is 1. The van der Waals surface area contributed by atoms with E-state index < -0.39 is 5.82 Å². The average molecular weight is 436 g/mol. The largest absolute Gasteiger partial charge is 0.341 e. The van der Waals surface area contributed by atoms with Gasteiger partial charge in [0.1, 0.15) is 5.82 Å². The zero-order valence-electron chi connectivity index (χ0n) is 18.0. The van der Waals surface area contributed by atoms with Gasteiger partial charge < -0.3 is 9.80 Å². The molecule has 7 nitrogen and oxygen atoms in total. The first-order valence-electron chi connectivity index (χ1n) is 10.7. The van der Waals surface area contributed by atoms with E-state index in [0.717, 1.165) is 5.56 Å². The maximum absolute atomic E-state index is 14.0. The first-order chi connectivity index (χ1) is 15.5. The minimum absolute atomic E-state index is 0.0469. The van der Waals surface area contributed by atoms with Crippen LogP contribution in [-0.2, 0) is 11.3 Å². The molecule has 0 atom stereocenters. The molecule has 8 heteroatoms. The SMILES string of the molecule is Cc1cccc2c(=O)n(CCC(=O)N3CCCN(C(=O)c4ccccc4F)CC3)cnc12. The lowest BCUT2D eigenvalue weighted by Crippen LogP contribution is -2.38. The summed E-state index contributed by atoms with van der Waals surface area (Å²) in [7, 11) is 0. The smallest absolute Gasteiger partial charge is 0.261 e. The number of carbonyl (C=O) groups excluding carboxylic acids is 2. The average Bonchev–Trinajstić information content (AvgIpc) is 3.05. The highest BCUT2D eigenvalue weighted by atomic mass is 19.1. The zero-order valence-corrected chi connectivity index (χ0v) is 18.0. The van der Waals surface area contributed by atoms with Crippen molar-refractivity contribution in [1.82, 2.24) is 19.4 Å². The van der Waals surface area contributed by atoms with Gasteiger partial charge in [0.2, 0.25) is 5.91 Å². The van der Waals surface area contributed by atoms with Crippen LogP contribution >= 0.6 is 0 Å². The van der Waals surface area contributed by atoms with Crippen LogP contribution in [0.5, 0.6) is 0 Å². The fourth-order valence-corrected chi connectivity index (χ4v) is 4.05. The summed E-state index contributed by atoms with van der Waals surface area (Å²) in [6, 6.07) is 11.4. The number of para-hydroxylation sites is 1. The van der Waals surface area contributed by atoms with Gasteiger partial charge >= 0.3 is 0 Å². The van der Waals surface area contributed by atoms with Crippen molar-refractivity contribution in [2.45, 2.75) is 26.3 Å².